The van der Waals surface area contributed by atoms with E-state index in [1.54, 1.807) is 11.3 Å². The van der Waals surface area contributed by atoms with E-state index in [-0.39, 0.29) is 0 Å². The molecule has 0 aliphatic rings. The van der Waals surface area contributed by atoms with Gasteiger partial charge < -0.3 is 4.57 Å². The van der Waals surface area contributed by atoms with Crippen LogP contribution >= 0.6 is 50.5 Å². The summed E-state index contributed by atoms with van der Waals surface area (Å²) in [5, 5.41) is 0.673. The number of fused-ring (bicyclic) bond motifs is 1. The number of imidazole rings is 1. The van der Waals surface area contributed by atoms with E-state index in [2.05, 4.69) is 37.6 Å². The number of rotatable bonds is 4. The van der Waals surface area contributed by atoms with Gasteiger partial charge in [-0.15, -0.1) is 22.9 Å². The van der Waals surface area contributed by atoms with Crippen molar-refractivity contribution in [1.29, 1.82) is 0 Å². The Morgan fingerprint density at radius 3 is 2.80 bits per heavy atom. The Hall–Kier alpha value is -0.550. The minimum atomic E-state index is 0.388. The van der Waals surface area contributed by atoms with Crippen LogP contribution in [0.25, 0.3) is 11.0 Å². The van der Waals surface area contributed by atoms with Crippen molar-refractivity contribution in [1.82, 2.24) is 9.55 Å². The molecule has 1 aromatic carbocycles. The van der Waals surface area contributed by atoms with Crippen molar-refractivity contribution in [2.45, 2.75) is 18.8 Å². The number of alkyl halides is 1. The van der Waals surface area contributed by atoms with Crippen LogP contribution in [0.1, 0.15) is 10.7 Å². The molecule has 0 N–H and O–H groups in total. The van der Waals surface area contributed by atoms with Gasteiger partial charge in [0.2, 0.25) is 0 Å². The third-order valence-corrected chi connectivity index (χ3v) is 5.37. The Bertz CT molecular complexity index is 751. The highest BCUT2D eigenvalue weighted by Gasteiger charge is 2.12. The minimum absolute atomic E-state index is 0.388. The average molecular weight is 390 g/mol. The van der Waals surface area contributed by atoms with Crippen molar-refractivity contribution < 1.29 is 0 Å². The number of para-hydroxylation sites is 1. The van der Waals surface area contributed by atoms with E-state index in [1.165, 1.54) is 4.88 Å². The molecular formula is C14H11BrCl2N2S. The molecule has 0 saturated heterocycles. The van der Waals surface area contributed by atoms with E-state index in [0.29, 0.717) is 10.9 Å². The smallest absolute Gasteiger partial charge is 0.124 e. The quantitative estimate of drug-likeness (QED) is 0.539. The van der Waals surface area contributed by atoms with Gasteiger partial charge in [0.25, 0.3) is 0 Å². The predicted molar refractivity (Wildman–Crippen MR) is 90.0 cm³/mol. The van der Waals surface area contributed by atoms with Crippen LogP contribution in [0.4, 0.5) is 0 Å². The van der Waals surface area contributed by atoms with Crippen LogP contribution in [0.15, 0.2) is 34.1 Å². The summed E-state index contributed by atoms with van der Waals surface area (Å²) in [5.41, 5.74) is 1.88. The second-order valence-electron chi connectivity index (χ2n) is 4.38. The molecule has 104 valence electrons. The molecule has 0 radical (unpaired) electrons. The van der Waals surface area contributed by atoms with Gasteiger partial charge in [0, 0.05) is 11.4 Å². The highest BCUT2D eigenvalue weighted by molar-refractivity contribution is 9.11. The Labute approximate surface area is 139 Å². The minimum Gasteiger partial charge on any atom is -0.327 e. The first-order chi connectivity index (χ1) is 9.69. The van der Waals surface area contributed by atoms with E-state index in [1.807, 2.05) is 18.2 Å². The molecule has 20 heavy (non-hydrogen) atoms. The predicted octanol–water partition coefficient (Wildman–Crippen LogP) is 5.50. The van der Waals surface area contributed by atoms with Crippen molar-refractivity contribution in [3.05, 3.63) is 49.8 Å². The van der Waals surface area contributed by atoms with Gasteiger partial charge in [-0.25, -0.2) is 4.98 Å². The van der Waals surface area contributed by atoms with Crippen LogP contribution in [0, 0.1) is 0 Å². The topological polar surface area (TPSA) is 17.8 Å². The fraction of sp³-hybridized carbons (Fsp3) is 0.214. The zero-order valence-electron chi connectivity index (χ0n) is 10.4. The zero-order valence-corrected chi connectivity index (χ0v) is 14.4. The molecule has 0 bridgehead atoms. The molecule has 2 aromatic heterocycles. The SMILES string of the molecule is ClCc1nc2c(Cl)cccc2n1CCc1ccc(Br)s1. The van der Waals surface area contributed by atoms with Gasteiger partial charge >= 0.3 is 0 Å². The molecule has 0 aliphatic heterocycles. The van der Waals surface area contributed by atoms with E-state index in [4.69, 9.17) is 23.2 Å². The maximum atomic E-state index is 6.20. The number of thiophene rings is 1. The monoisotopic (exact) mass is 388 g/mol. The molecule has 2 nitrogen and oxygen atoms in total. The van der Waals surface area contributed by atoms with Gasteiger partial charge in [-0.2, -0.15) is 0 Å². The first-order valence-electron chi connectivity index (χ1n) is 6.13. The molecule has 0 aliphatic carbocycles. The number of hydrogen-bond acceptors (Lipinski definition) is 2. The van der Waals surface area contributed by atoms with Gasteiger partial charge in [-0.05, 0) is 46.6 Å². The lowest BCUT2D eigenvalue weighted by molar-refractivity contribution is 0.693. The summed E-state index contributed by atoms with van der Waals surface area (Å²) in [6, 6.07) is 10.1. The summed E-state index contributed by atoms with van der Waals surface area (Å²) in [5.74, 6) is 1.25. The Balaban J connectivity index is 1.95. The van der Waals surface area contributed by atoms with Crippen LogP contribution in [-0.2, 0) is 18.8 Å². The number of aromatic nitrogens is 2. The summed E-state index contributed by atoms with van der Waals surface area (Å²) in [4.78, 5) is 5.88. The summed E-state index contributed by atoms with van der Waals surface area (Å²) >= 11 is 17.5. The van der Waals surface area contributed by atoms with Crippen molar-refractivity contribution in [3.63, 3.8) is 0 Å². The van der Waals surface area contributed by atoms with Crippen LogP contribution in [0.2, 0.25) is 5.02 Å². The van der Waals surface area contributed by atoms with E-state index < -0.39 is 0 Å². The summed E-state index contributed by atoms with van der Waals surface area (Å²) < 4.78 is 3.31. The largest absolute Gasteiger partial charge is 0.327 e. The van der Waals surface area contributed by atoms with Crippen LogP contribution in [0.3, 0.4) is 0 Å². The lowest BCUT2D eigenvalue weighted by Crippen LogP contribution is -2.04. The fourth-order valence-corrected chi connectivity index (χ4v) is 4.11. The molecule has 0 unspecified atom stereocenters. The van der Waals surface area contributed by atoms with Gasteiger partial charge in [-0.1, -0.05) is 17.7 Å². The van der Waals surface area contributed by atoms with Gasteiger partial charge in [0.05, 0.1) is 20.2 Å². The first kappa shape index (κ1) is 14.4. The molecule has 3 aromatic rings. The van der Waals surface area contributed by atoms with E-state index >= 15 is 0 Å². The second-order valence-corrected chi connectivity index (χ2v) is 7.60. The first-order valence-corrected chi connectivity index (χ1v) is 8.65. The molecule has 0 fully saturated rings. The molecule has 0 amide bonds. The molecule has 3 rings (SSSR count). The van der Waals surface area contributed by atoms with Crippen molar-refractivity contribution >= 4 is 61.5 Å². The molecule has 6 heteroatoms. The molecular weight excluding hydrogens is 379 g/mol. The van der Waals surface area contributed by atoms with E-state index in [0.717, 1.165) is 33.6 Å². The van der Waals surface area contributed by atoms with Crippen LogP contribution < -0.4 is 0 Å². The van der Waals surface area contributed by atoms with Crippen molar-refractivity contribution in [2.24, 2.45) is 0 Å². The number of hydrogen-bond donors (Lipinski definition) is 0. The maximum Gasteiger partial charge on any atom is 0.124 e. The third-order valence-electron chi connectivity index (χ3n) is 3.14. The Morgan fingerprint density at radius 2 is 2.10 bits per heavy atom. The normalized spacial score (nSPS) is 11.3. The number of halogens is 3. The lowest BCUT2D eigenvalue weighted by Gasteiger charge is -2.06. The zero-order chi connectivity index (χ0) is 14.1. The molecule has 0 spiro atoms. The average Bonchev–Trinajstić information content (AvgIpc) is 3.01. The van der Waals surface area contributed by atoms with Gasteiger partial charge in [0.15, 0.2) is 0 Å². The number of aryl methyl sites for hydroxylation is 2. The highest BCUT2D eigenvalue weighted by atomic mass is 79.9. The Kier molecular flexibility index (Phi) is 4.36. The van der Waals surface area contributed by atoms with E-state index in [9.17, 15) is 0 Å². The molecule has 0 atom stereocenters. The summed E-state index contributed by atoms with van der Waals surface area (Å²) in [6.45, 7) is 0.853. The molecule has 0 saturated carbocycles. The lowest BCUT2D eigenvalue weighted by atomic mass is 10.3. The van der Waals surface area contributed by atoms with Crippen molar-refractivity contribution in [3.8, 4) is 0 Å². The molecule has 2 heterocycles. The van der Waals surface area contributed by atoms with Gasteiger partial charge in [-0.3, -0.25) is 0 Å². The van der Waals surface area contributed by atoms with Crippen molar-refractivity contribution in [2.75, 3.05) is 0 Å². The highest BCUT2D eigenvalue weighted by Crippen LogP contribution is 2.26. The second kappa shape index (κ2) is 6.06. The standard InChI is InChI=1S/C14H11BrCl2N2S/c15-12-5-4-9(20-12)6-7-19-11-3-1-2-10(17)14(11)18-13(19)8-16/h1-5H,6-8H2. The summed E-state index contributed by atoms with van der Waals surface area (Å²) in [7, 11) is 0. The number of nitrogens with zero attached hydrogens (tertiary/aromatic N) is 2. The van der Waals surface area contributed by atoms with Gasteiger partial charge in [0.1, 0.15) is 11.3 Å². The van der Waals surface area contributed by atoms with Crippen LogP contribution in [-0.4, -0.2) is 9.55 Å². The maximum absolute atomic E-state index is 6.20. The summed E-state index contributed by atoms with van der Waals surface area (Å²) in [6.07, 6.45) is 0.956. The number of benzene rings is 1. The Morgan fingerprint density at radius 1 is 1.25 bits per heavy atom. The third kappa shape index (κ3) is 2.75. The van der Waals surface area contributed by atoms with Crippen LogP contribution in [0.5, 0.6) is 0 Å². The fourth-order valence-electron chi connectivity index (χ4n) is 2.22.